The summed E-state index contributed by atoms with van der Waals surface area (Å²) >= 11 is 5.75. The lowest BCUT2D eigenvalue weighted by Gasteiger charge is -2.07. The molecular formula is C10H10ClFN2. The predicted octanol–water partition coefficient (Wildman–Crippen LogP) is 1.97. The van der Waals surface area contributed by atoms with Crippen LogP contribution in [0, 0.1) is 5.82 Å². The van der Waals surface area contributed by atoms with Gasteiger partial charge in [0.2, 0.25) is 0 Å². The average molecular weight is 213 g/mol. The monoisotopic (exact) mass is 212 g/mol. The smallest absolute Gasteiger partial charge is 0.124 e. The molecule has 2 nitrogen and oxygen atoms in total. The van der Waals surface area contributed by atoms with Crippen LogP contribution in [0.4, 0.5) is 4.39 Å². The summed E-state index contributed by atoms with van der Waals surface area (Å²) in [5.74, 6) is 0.435. The maximum Gasteiger partial charge on any atom is 0.124 e. The van der Waals surface area contributed by atoms with Crippen molar-refractivity contribution in [3.05, 3.63) is 46.5 Å². The van der Waals surface area contributed by atoms with E-state index in [4.69, 9.17) is 17.3 Å². The Morgan fingerprint density at radius 1 is 1.43 bits per heavy atom. The fourth-order valence-corrected chi connectivity index (χ4v) is 1.80. The van der Waals surface area contributed by atoms with E-state index in [2.05, 4.69) is 5.32 Å². The molecule has 0 spiro atoms. The van der Waals surface area contributed by atoms with Gasteiger partial charge >= 0.3 is 0 Å². The van der Waals surface area contributed by atoms with E-state index >= 15 is 0 Å². The number of rotatable bonds is 1. The van der Waals surface area contributed by atoms with Crippen molar-refractivity contribution in [1.29, 1.82) is 0 Å². The number of nitrogens with one attached hydrogen (secondary N) is 1. The Hall–Kier alpha value is -1.22. The SMILES string of the molecule is NC1=C[C@@H](c2cc(F)cc(Cl)c2)CN1. The summed E-state index contributed by atoms with van der Waals surface area (Å²) in [5, 5.41) is 3.40. The largest absolute Gasteiger partial charge is 0.386 e. The minimum atomic E-state index is -0.314. The van der Waals surface area contributed by atoms with Crippen molar-refractivity contribution >= 4 is 11.6 Å². The first-order valence-electron chi connectivity index (χ1n) is 4.32. The molecule has 0 unspecified atom stereocenters. The van der Waals surface area contributed by atoms with Crippen LogP contribution in [0.25, 0.3) is 0 Å². The topological polar surface area (TPSA) is 38.0 Å². The Balaban J connectivity index is 2.32. The highest BCUT2D eigenvalue weighted by Gasteiger charge is 2.16. The zero-order chi connectivity index (χ0) is 10.1. The minimum Gasteiger partial charge on any atom is -0.386 e. The molecule has 0 bridgehead atoms. The lowest BCUT2D eigenvalue weighted by Crippen LogP contribution is -2.16. The van der Waals surface area contributed by atoms with E-state index in [9.17, 15) is 4.39 Å². The predicted molar refractivity (Wildman–Crippen MR) is 54.4 cm³/mol. The standard InChI is InChI=1S/C10H10ClFN2/c11-8-1-6(2-9(12)4-8)7-3-10(13)14-5-7/h1-4,7,14H,5,13H2/t7-/m1/s1. The molecule has 14 heavy (non-hydrogen) atoms. The number of hydrogen-bond donors (Lipinski definition) is 2. The summed E-state index contributed by atoms with van der Waals surface area (Å²) < 4.78 is 13.0. The Morgan fingerprint density at radius 3 is 2.79 bits per heavy atom. The average Bonchev–Trinajstić information content (AvgIpc) is 2.50. The molecule has 1 aromatic carbocycles. The van der Waals surface area contributed by atoms with E-state index in [1.807, 2.05) is 6.08 Å². The third-order valence-electron chi connectivity index (χ3n) is 2.22. The van der Waals surface area contributed by atoms with Crippen molar-refractivity contribution in [3.8, 4) is 0 Å². The lowest BCUT2D eigenvalue weighted by atomic mass is 10.0. The van der Waals surface area contributed by atoms with E-state index in [1.165, 1.54) is 12.1 Å². The van der Waals surface area contributed by atoms with E-state index in [0.29, 0.717) is 17.4 Å². The van der Waals surface area contributed by atoms with Crippen LogP contribution >= 0.6 is 11.6 Å². The molecule has 0 fully saturated rings. The molecule has 1 heterocycles. The highest BCUT2D eigenvalue weighted by Crippen LogP contribution is 2.24. The maximum atomic E-state index is 13.0. The van der Waals surface area contributed by atoms with Crippen molar-refractivity contribution in [2.45, 2.75) is 5.92 Å². The van der Waals surface area contributed by atoms with E-state index in [-0.39, 0.29) is 11.7 Å². The highest BCUT2D eigenvalue weighted by molar-refractivity contribution is 6.30. The van der Waals surface area contributed by atoms with Crippen LogP contribution in [0.1, 0.15) is 11.5 Å². The zero-order valence-corrected chi connectivity index (χ0v) is 8.18. The van der Waals surface area contributed by atoms with Gasteiger partial charge in [0, 0.05) is 17.5 Å². The van der Waals surface area contributed by atoms with Gasteiger partial charge in [-0.25, -0.2) is 4.39 Å². The number of hydrogen-bond acceptors (Lipinski definition) is 2. The number of benzene rings is 1. The number of halogens is 2. The van der Waals surface area contributed by atoms with Gasteiger partial charge in [0.05, 0.1) is 5.82 Å². The fourth-order valence-electron chi connectivity index (χ4n) is 1.57. The van der Waals surface area contributed by atoms with Gasteiger partial charge < -0.3 is 11.1 Å². The summed E-state index contributed by atoms with van der Waals surface area (Å²) in [5.41, 5.74) is 6.41. The van der Waals surface area contributed by atoms with Crippen LogP contribution < -0.4 is 11.1 Å². The molecule has 0 radical (unpaired) electrons. The summed E-state index contributed by atoms with van der Waals surface area (Å²) in [4.78, 5) is 0. The summed E-state index contributed by atoms with van der Waals surface area (Å²) in [6.45, 7) is 0.700. The van der Waals surface area contributed by atoms with Gasteiger partial charge in [0.25, 0.3) is 0 Å². The molecule has 0 amide bonds. The van der Waals surface area contributed by atoms with Gasteiger partial charge in [-0.2, -0.15) is 0 Å². The quantitative estimate of drug-likeness (QED) is 0.747. The van der Waals surface area contributed by atoms with Crippen molar-refractivity contribution in [1.82, 2.24) is 5.32 Å². The van der Waals surface area contributed by atoms with Crippen molar-refractivity contribution < 1.29 is 4.39 Å². The van der Waals surface area contributed by atoms with E-state index in [1.54, 1.807) is 6.07 Å². The van der Waals surface area contributed by atoms with Crippen molar-refractivity contribution in [2.75, 3.05) is 6.54 Å². The Bertz CT molecular complexity index is 369. The third-order valence-corrected chi connectivity index (χ3v) is 2.44. The van der Waals surface area contributed by atoms with Crippen LogP contribution in [-0.2, 0) is 0 Å². The lowest BCUT2D eigenvalue weighted by molar-refractivity contribution is 0.623. The molecule has 1 aromatic rings. The first-order chi connectivity index (χ1) is 6.65. The molecule has 0 saturated carbocycles. The summed E-state index contributed by atoms with van der Waals surface area (Å²) in [6.07, 6.45) is 1.87. The minimum absolute atomic E-state index is 0.114. The molecule has 0 aliphatic carbocycles. The molecule has 1 atom stereocenters. The van der Waals surface area contributed by atoms with Crippen LogP contribution in [0.5, 0.6) is 0 Å². The van der Waals surface area contributed by atoms with Crippen molar-refractivity contribution in [3.63, 3.8) is 0 Å². The first kappa shape index (κ1) is 9.34. The fraction of sp³-hybridized carbons (Fsp3) is 0.200. The molecular weight excluding hydrogens is 203 g/mol. The van der Waals surface area contributed by atoms with Gasteiger partial charge in [-0.15, -0.1) is 0 Å². The van der Waals surface area contributed by atoms with Gasteiger partial charge in [-0.1, -0.05) is 11.6 Å². The molecule has 3 N–H and O–H groups in total. The zero-order valence-electron chi connectivity index (χ0n) is 7.43. The van der Waals surface area contributed by atoms with E-state index < -0.39 is 0 Å². The second-order valence-electron chi connectivity index (χ2n) is 3.31. The second kappa shape index (κ2) is 3.50. The maximum absolute atomic E-state index is 13.0. The summed E-state index contributed by atoms with van der Waals surface area (Å²) in [7, 11) is 0. The molecule has 1 aliphatic rings. The van der Waals surface area contributed by atoms with Crippen LogP contribution in [-0.4, -0.2) is 6.54 Å². The van der Waals surface area contributed by atoms with Gasteiger partial charge in [0.1, 0.15) is 5.82 Å². The normalized spacial score (nSPS) is 20.4. The Morgan fingerprint density at radius 2 is 2.21 bits per heavy atom. The number of nitrogens with two attached hydrogens (primary N) is 1. The van der Waals surface area contributed by atoms with Crippen LogP contribution in [0.2, 0.25) is 5.02 Å². The second-order valence-corrected chi connectivity index (χ2v) is 3.75. The molecule has 2 rings (SSSR count). The molecule has 1 aliphatic heterocycles. The van der Waals surface area contributed by atoms with Gasteiger partial charge in [-0.05, 0) is 29.8 Å². The van der Waals surface area contributed by atoms with Crippen LogP contribution in [0.15, 0.2) is 30.1 Å². The highest BCUT2D eigenvalue weighted by atomic mass is 35.5. The Labute approximate surface area is 86.6 Å². The van der Waals surface area contributed by atoms with Gasteiger partial charge in [-0.3, -0.25) is 0 Å². The first-order valence-corrected chi connectivity index (χ1v) is 4.70. The van der Waals surface area contributed by atoms with Gasteiger partial charge in [0.15, 0.2) is 0 Å². The van der Waals surface area contributed by atoms with Crippen LogP contribution in [0.3, 0.4) is 0 Å². The molecule has 74 valence electrons. The van der Waals surface area contributed by atoms with Crippen molar-refractivity contribution in [2.24, 2.45) is 5.73 Å². The Kier molecular flexibility index (Phi) is 2.33. The third kappa shape index (κ3) is 1.82. The van der Waals surface area contributed by atoms with E-state index in [0.717, 1.165) is 5.56 Å². The molecule has 4 heteroatoms. The molecule has 0 saturated heterocycles. The molecule has 0 aromatic heterocycles. The summed E-state index contributed by atoms with van der Waals surface area (Å²) in [6, 6.07) is 4.53.